The first-order valence-corrected chi connectivity index (χ1v) is 7.34. The molecule has 0 saturated carbocycles. The molecule has 4 nitrogen and oxygen atoms in total. The molecule has 4 heteroatoms. The quantitative estimate of drug-likeness (QED) is 0.868. The Hall–Kier alpha value is -1.71. The first-order chi connectivity index (χ1) is 9.70. The van der Waals surface area contributed by atoms with Crippen LogP contribution in [0.15, 0.2) is 18.2 Å². The Balaban J connectivity index is 2.13. The molecule has 0 aromatic heterocycles. The molecule has 1 heterocycles. The maximum Gasteiger partial charge on any atom is 0.303 e. The van der Waals surface area contributed by atoms with Gasteiger partial charge in [0.2, 0.25) is 0 Å². The summed E-state index contributed by atoms with van der Waals surface area (Å²) in [7, 11) is 1.66. The summed E-state index contributed by atoms with van der Waals surface area (Å²) in [5.41, 5.74) is 2.45. The van der Waals surface area contributed by atoms with Crippen LogP contribution < -0.4 is 9.64 Å². The summed E-state index contributed by atoms with van der Waals surface area (Å²) in [6.07, 6.45) is 5.46. The number of piperidine rings is 1. The first-order valence-electron chi connectivity index (χ1n) is 7.34. The van der Waals surface area contributed by atoms with Gasteiger partial charge < -0.3 is 14.7 Å². The Morgan fingerprint density at radius 1 is 1.30 bits per heavy atom. The standard InChI is InChI=1S/C16H23NO3/c1-20-14-8-9-15(17-10-3-2-4-11-17)13(12-14)6-5-7-16(18)19/h8-9,12H,2-7,10-11H2,1H3,(H,18,19). The first kappa shape index (κ1) is 14.7. The maximum absolute atomic E-state index is 10.7. The number of carboxylic acids is 1. The van der Waals surface area contributed by atoms with E-state index in [9.17, 15) is 4.79 Å². The van der Waals surface area contributed by atoms with E-state index in [0.29, 0.717) is 6.42 Å². The normalized spacial score (nSPS) is 15.2. The van der Waals surface area contributed by atoms with E-state index in [1.54, 1.807) is 7.11 Å². The van der Waals surface area contributed by atoms with Crippen LogP contribution in [0.1, 0.15) is 37.7 Å². The lowest BCUT2D eigenvalue weighted by Gasteiger charge is -2.31. The third-order valence-electron chi connectivity index (χ3n) is 3.82. The van der Waals surface area contributed by atoms with Gasteiger partial charge in [0.05, 0.1) is 7.11 Å². The highest BCUT2D eigenvalue weighted by molar-refractivity contribution is 5.66. The monoisotopic (exact) mass is 277 g/mol. The van der Waals surface area contributed by atoms with Crippen LogP contribution in [0.2, 0.25) is 0 Å². The van der Waals surface area contributed by atoms with E-state index in [4.69, 9.17) is 9.84 Å². The Morgan fingerprint density at radius 3 is 2.70 bits per heavy atom. The lowest BCUT2D eigenvalue weighted by atomic mass is 10.0. The molecule has 1 aliphatic rings. The van der Waals surface area contributed by atoms with Crippen molar-refractivity contribution in [3.8, 4) is 5.75 Å². The fraction of sp³-hybridized carbons (Fsp3) is 0.562. The number of aryl methyl sites for hydroxylation is 1. The van der Waals surface area contributed by atoms with Crippen LogP contribution in [0.4, 0.5) is 5.69 Å². The molecule has 0 aliphatic carbocycles. The van der Waals surface area contributed by atoms with Gasteiger partial charge in [0.1, 0.15) is 5.75 Å². The van der Waals surface area contributed by atoms with Crippen LogP contribution in [0.5, 0.6) is 5.75 Å². The molecule has 0 spiro atoms. The van der Waals surface area contributed by atoms with Gasteiger partial charge in [-0.3, -0.25) is 4.79 Å². The molecule has 0 bridgehead atoms. The Kier molecular flexibility index (Phi) is 5.27. The van der Waals surface area contributed by atoms with Crippen LogP contribution in [0.25, 0.3) is 0 Å². The average Bonchev–Trinajstić information content (AvgIpc) is 2.47. The number of benzene rings is 1. The SMILES string of the molecule is COc1ccc(N2CCCCC2)c(CCCC(=O)O)c1. The van der Waals surface area contributed by atoms with Gasteiger partial charge in [0.25, 0.3) is 0 Å². The van der Waals surface area contributed by atoms with Gasteiger partial charge in [-0.15, -0.1) is 0 Å². The van der Waals surface area contributed by atoms with E-state index in [-0.39, 0.29) is 6.42 Å². The zero-order valence-corrected chi connectivity index (χ0v) is 12.1. The Morgan fingerprint density at radius 2 is 2.05 bits per heavy atom. The zero-order chi connectivity index (χ0) is 14.4. The number of aliphatic carboxylic acids is 1. The van der Waals surface area contributed by atoms with Gasteiger partial charge in [-0.1, -0.05) is 0 Å². The molecule has 1 aromatic carbocycles. The third kappa shape index (κ3) is 3.89. The van der Waals surface area contributed by atoms with Gasteiger partial charge in [0, 0.05) is 25.2 Å². The minimum absolute atomic E-state index is 0.219. The topological polar surface area (TPSA) is 49.8 Å². The summed E-state index contributed by atoms with van der Waals surface area (Å²) in [4.78, 5) is 13.1. The molecule has 0 unspecified atom stereocenters. The van der Waals surface area contributed by atoms with Crippen LogP contribution in [0.3, 0.4) is 0 Å². The zero-order valence-electron chi connectivity index (χ0n) is 12.1. The summed E-state index contributed by atoms with van der Waals surface area (Å²) in [5.74, 6) is 0.114. The molecule has 0 atom stereocenters. The van der Waals surface area contributed by atoms with Crippen molar-refractivity contribution in [2.75, 3.05) is 25.1 Å². The molecule has 0 amide bonds. The number of carbonyl (C=O) groups is 1. The van der Waals surface area contributed by atoms with E-state index in [1.807, 2.05) is 12.1 Å². The second-order valence-corrected chi connectivity index (χ2v) is 5.29. The van der Waals surface area contributed by atoms with Crippen LogP contribution in [-0.4, -0.2) is 31.3 Å². The highest BCUT2D eigenvalue weighted by Crippen LogP contribution is 2.29. The van der Waals surface area contributed by atoms with Crippen molar-refractivity contribution in [3.05, 3.63) is 23.8 Å². The fourth-order valence-electron chi connectivity index (χ4n) is 2.76. The fourth-order valence-corrected chi connectivity index (χ4v) is 2.76. The summed E-state index contributed by atoms with van der Waals surface area (Å²) < 4.78 is 5.29. The molecular weight excluding hydrogens is 254 g/mol. The summed E-state index contributed by atoms with van der Waals surface area (Å²) in [5, 5.41) is 8.78. The smallest absolute Gasteiger partial charge is 0.303 e. The van der Waals surface area contributed by atoms with Crippen molar-refractivity contribution < 1.29 is 14.6 Å². The summed E-state index contributed by atoms with van der Waals surface area (Å²) in [6.45, 7) is 2.19. The Bertz CT molecular complexity index is 453. The third-order valence-corrected chi connectivity index (χ3v) is 3.82. The molecule has 2 rings (SSSR count). The van der Waals surface area contributed by atoms with Crippen molar-refractivity contribution in [1.82, 2.24) is 0 Å². The summed E-state index contributed by atoms with van der Waals surface area (Å²) in [6, 6.07) is 6.15. The lowest BCUT2D eigenvalue weighted by molar-refractivity contribution is -0.137. The van der Waals surface area contributed by atoms with E-state index in [2.05, 4.69) is 11.0 Å². The molecule has 1 aliphatic heterocycles. The highest BCUT2D eigenvalue weighted by Gasteiger charge is 2.15. The van der Waals surface area contributed by atoms with Gasteiger partial charge in [-0.2, -0.15) is 0 Å². The number of nitrogens with zero attached hydrogens (tertiary/aromatic N) is 1. The number of carboxylic acid groups (broad SMARTS) is 1. The van der Waals surface area contributed by atoms with Gasteiger partial charge in [0.15, 0.2) is 0 Å². The number of ether oxygens (including phenoxy) is 1. The van der Waals surface area contributed by atoms with Crippen molar-refractivity contribution in [1.29, 1.82) is 0 Å². The molecular formula is C16H23NO3. The minimum Gasteiger partial charge on any atom is -0.497 e. The van der Waals surface area contributed by atoms with Crippen molar-refractivity contribution in [3.63, 3.8) is 0 Å². The maximum atomic E-state index is 10.7. The average molecular weight is 277 g/mol. The van der Waals surface area contributed by atoms with Crippen LogP contribution >= 0.6 is 0 Å². The Labute approximate surface area is 120 Å². The van der Waals surface area contributed by atoms with E-state index < -0.39 is 5.97 Å². The second-order valence-electron chi connectivity index (χ2n) is 5.29. The molecule has 1 aromatic rings. The predicted octanol–water partition coefficient (Wildman–Crippen LogP) is 3.09. The number of hydrogen-bond donors (Lipinski definition) is 1. The van der Waals surface area contributed by atoms with Crippen molar-refractivity contribution in [2.24, 2.45) is 0 Å². The largest absolute Gasteiger partial charge is 0.497 e. The van der Waals surface area contributed by atoms with E-state index >= 15 is 0 Å². The van der Waals surface area contributed by atoms with Crippen molar-refractivity contribution in [2.45, 2.75) is 38.5 Å². The molecule has 20 heavy (non-hydrogen) atoms. The second kappa shape index (κ2) is 7.17. The van der Waals surface area contributed by atoms with Crippen LogP contribution in [0, 0.1) is 0 Å². The van der Waals surface area contributed by atoms with Crippen molar-refractivity contribution >= 4 is 11.7 Å². The van der Waals surface area contributed by atoms with Gasteiger partial charge >= 0.3 is 5.97 Å². The lowest BCUT2D eigenvalue weighted by Crippen LogP contribution is -2.30. The number of anilines is 1. The molecule has 1 saturated heterocycles. The molecule has 1 fully saturated rings. The number of methoxy groups -OCH3 is 1. The number of rotatable bonds is 6. The molecule has 110 valence electrons. The van der Waals surface area contributed by atoms with E-state index in [1.165, 1.54) is 30.5 Å². The highest BCUT2D eigenvalue weighted by atomic mass is 16.5. The number of hydrogen-bond acceptors (Lipinski definition) is 3. The summed E-state index contributed by atoms with van der Waals surface area (Å²) >= 11 is 0. The van der Waals surface area contributed by atoms with E-state index in [0.717, 1.165) is 25.3 Å². The molecule has 0 radical (unpaired) electrons. The minimum atomic E-state index is -0.729. The van der Waals surface area contributed by atoms with Crippen LogP contribution in [-0.2, 0) is 11.2 Å². The predicted molar refractivity (Wildman–Crippen MR) is 79.6 cm³/mol. The van der Waals surface area contributed by atoms with Gasteiger partial charge in [-0.25, -0.2) is 0 Å². The van der Waals surface area contributed by atoms with Gasteiger partial charge in [-0.05, 0) is 55.9 Å². The molecule has 1 N–H and O–H groups in total.